The summed E-state index contributed by atoms with van der Waals surface area (Å²) in [7, 11) is 0. The van der Waals surface area contributed by atoms with Gasteiger partial charge in [0.2, 0.25) is 5.91 Å². The van der Waals surface area contributed by atoms with E-state index >= 15 is 0 Å². The lowest BCUT2D eigenvalue weighted by Crippen LogP contribution is -2.55. The van der Waals surface area contributed by atoms with Gasteiger partial charge in [0, 0.05) is 19.8 Å². The Morgan fingerprint density at radius 1 is 1.56 bits per heavy atom. The Morgan fingerprint density at radius 2 is 2.38 bits per heavy atom. The zero-order valence-corrected chi connectivity index (χ0v) is 9.96. The molecule has 0 aromatic heterocycles. The molecule has 0 radical (unpaired) electrons. The van der Waals surface area contributed by atoms with E-state index in [4.69, 9.17) is 15.2 Å². The van der Waals surface area contributed by atoms with Crippen LogP contribution in [-0.2, 0) is 14.3 Å². The van der Waals surface area contributed by atoms with Gasteiger partial charge >= 0.3 is 0 Å². The van der Waals surface area contributed by atoms with Gasteiger partial charge in [0.1, 0.15) is 5.54 Å². The van der Waals surface area contributed by atoms with Crippen molar-refractivity contribution in [3.63, 3.8) is 0 Å². The highest BCUT2D eigenvalue weighted by molar-refractivity contribution is 5.86. The topological polar surface area (TPSA) is 73.6 Å². The lowest BCUT2D eigenvalue weighted by Gasteiger charge is -2.20. The molecule has 5 heteroatoms. The second kappa shape index (κ2) is 6.83. The lowest BCUT2D eigenvalue weighted by molar-refractivity contribution is -0.126. The summed E-state index contributed by atoms with van der Waals surface area (Å²) in [4.78, 5) is 11.7. The van der Waals surface area contributed by atoms with Crippen LogP contribution in [-0.4, -0.2) is 44.4 Å². The molecule has 1 aliphatic rings. The van der Waals surface area contributed by atoms with Crippen molar-refractivity contribution in [3.8, 4) is 0 Å². The number of rotatable bonds is 7. The summed E-state index contributed by atoms with van der Waals surface area (Å²) < 4.78 is 10.5. The quantitative estimate of drug-likeness (QED) is 0.605. The third kappa shape index (κ3) is 4.08. The number of carbonyl (C=O) groups excluding carboxylic acids is 1. The second-order valence-corrected chi connectivity index (χ2v) is 4.18. The minimum absolute atomic E-state index is 0.135. The van der Waals surface area contributed by atoms with Gasteiger partial charge in [-0.05, 0) is 12.8 Å². The average molecular weight is 230 g/mol. The number of nitrogens with two attached hydrogens (primary N) is 1. The molecule has 5 nitrogen and oxygen atoms in total. The van der Waals surface area contributed by atoms with E-state index in [1.54, 1.807) is 0 Å². The Morgan fingerprint density at radius 3 is 3.00 bits per heavy atom. The maximum atomic E-state index is 11.7. The molecule has 16 heavy (non-hydrogen) atoms. The maximum Gasteiger partial charge on any atom is 0.242 e. The lowest BCUT2D eigenvalue weighted by atomic mass is 9.99. The highest BCUT2D eigenvalue weighted by atomic mass is 16.5. The van der Waals surface area contributed by atoms with Crippen LogP contribution in [0, 0.1) is 0 Å². The second-order valence-electron chi connectivity index (χ2n) is 4.18. The molecule has 1 saturated heterocycles. The molecule has 1 amide bonds. The SMILES string of the molecule is CCCCOCCNC(=O)C1(N)CCOC1. The number of ether oxygens (including phenoxy) is 2. The Hall–Kier alpha value is -0.650. The van der Waals surface area contributed by atoms with Gasteiger partial charge in [0.15, 0.2) is 0 Å². The van der Waals surface area contributed by atoms with Crippen molar-refractivity contribution < 1.29 is 14.3 Å². The molecule has 1 rings (SSSR count). The first kappa shape index (κ1) is 13.4. The monoisotopic (exact) mass is 230 g/mol. The van der Waals surface area contributed by atoms with Crippen LogP contribution in [0.15, 0.2) is 0 Å². The van der Waals surface area contributed by atoms with E-state index in [0.29, 0.717) is 32.8 Å². The minimum Gasteiger partial charge on any atom is -0.380 e. The molecule has 3 N–H and O–H groups in total. The van der Waals surface area contributed by atoms with Crippen LogP contribution in [0.5, 0.6) is 0 Å². The van der Waals surface area contributed by atoms with Crippen molar-refractivity contribution in [2.45, 2.75) is 31.7 Å². The van der Waals surface area contributed by atoms with Gasteiger partial charge < -0.3 is 20.5 Å². The molecular weight excluding hydrogens is 208 g/mol. The first-order valence-electron chi connectivity index (χ1n) is 5.92. The zero-order valence-electron chi connectivity index (χ0n) is 9.96. The van der Waals surface area contributed by atoms with Crippen LogP contribution >= 0.6 is 0 Å². The number of hydrogen-bond acceptors (Lipinski definition) is 4. The fraction of sp³-hybridized carbons (Fsp3) is 0.909. The summed E-state index contributed by atoms with van der Waals surface area (Å²) in [6.07, 6.45) is 2.77. The first-order valence-corrected chi connectivity index (χ1v) is 5.92. The van der Waals surface area contributed by atoms with Gasteiger partial charge in [-0.1, -0.05) is 13.3 Å². The van der Waals surface area contributed by atoms with Crippen LogP contribution in [0.25, 0.3) is 0 Å². The predicted molar refractivity (Wildman–Crippen MR) is 61.1 cm³/mol. The summed E-state index contributed by atoms with van der Waals surface area (Å²) in [6.45, 7) is 4.81. The molecule has 1 unspecified atom stereocenters. The van der Waals surface area contributed by atoms with Gasteiger partial charge in [0.25, 0.3) is 0 Å². The fourth-order valence-corrected chi connectivity index (χ4v) is 1.52. The number of amides is 1. The van der Waals surface area contributed by atoms with Crippen molar-refractivity contribution in [2.24, 2.45) is 5.73 Å². The number of carbonyl (C=O) groups is 1. The van der Waals surface area contributed by atoms with E-state index in [1.807, 2.05) is 0 Å². The normalized spacial score (nSPS) is 24.6. The van der Waals surface area contributed by atoms with Gasteiger partial charge in [-0.25, -0.2) is 0 Å². The summed E-state index contributed by atoms with van der Waals surface area (Å²) >= 11 is 0. The van der Waals surface area contributed by atoms with Crippen molar-refractivity contribution in [2.75, 3.05) is 33.0 Å². The van der Waals surface area contributed by atoms with E-state index in [1.165, 1.54) is 0 Å². The van der Waals surface area contributed by atoms with E-state index in [2.05, 4.69) is 12.2 Å². The van der Waals surface area contributed by atoms with Crippen molar-refractivity contribution in [1.29, 1.82) is 0 Å². The van der Waals surface area contributed by atoms with E-state index in [-0.39, 0.29) is 5.91 Å². The molecule has 0 aromatic rings. The third-order valence-electron chi connectivity index (χ3n) is 2.68. The van der Waals surface area contributed by atoms with Crippen molar-refractivity contribution in [1.82, 2.24) is 5.32 Å². The molecule has 1 fully saturated rings. The molecule has 0 aliphatic carbocycles. The smallest absolute Gasteiger partial charge is 0.242 e. The molecule has 0 spiro atoms. The van der Waals surface area contributed by atoms with Crippen molar-refractivity contribution in [3.05, 3.63) is 0 Å². The molecule has 0 bridgehead atoms. The molecule has 0 aromatic carbocycles. The molecule has 1 atom stereocenters. The standard InChI is InChI=1S/C11H22N2O3/c1-2-3-6-15-8-5-13-10(14)11(12)4-7-16-9-11/h2-9,12H2,1H3,(H,13,14). The van der Waals surface area contributed by atoms with E-state index < -0.39 is 5.54 Å². The van der Waals surface area contributed by atoms with Crippen LogP contribution in [0.3, 0.4) is 0 Å². The largest absolute Gasteiger partial charge is 0.380 e. The van der Waals surface area contributed by atoms with Gasteiger partial charge in [-0.2, -0.15) is 0 Å². The minimum atomic E-state index is -0.830. The number of unbranched alkanes of at least 4 members (excludes halogenated alkanes) is 1. The predicted octanol–water partition coefficient (Wildman–Crippen LogP) is 0.0371. The Labute approximate surface area is 96.7 Å². The van der Waals surface area contributed by atoms with Gasteiger partial charge in [-0.15, -0.1) is 0 Å². The zero-order chi connectivity index (χ0) is 11.9. The summed E-state index contributed by atoms with van der Waals surface area (Å²) in [5, 5.41) is 2.77. The fourth-order valence-electron chi connectivity index (χ4n) is 1.52. The summed E-state index contributed by atoms with van der Waals surface area (Å²) in [5.74, 6) is -0.135. The maximum absolute atomic E-state index is 11.7. The van der Waals surface area contributed by atoms with Crippen LogP contribution < -0.4 is 11.1 Å². The molecule has 94 valence electrons. The van der Waals surface area contributed by atoms with Gasteiger partial charge in [0.05, 0.1) is 13.2 Å². The number of nitrogens with one attached hydrogen (secondary N) is 1. The summed E-state index contributed by atoms with van der Waals surface area (Å²) in [5.41, 5.74) is 5.06. The molecule has 1 aliphatic heterocycles. The highest BCUT2D eigenvalue weighted by Crippen LogP contribution is 2.14. The van der Waals surface area contributed by atoms with Gasteiger partial charge in [-0.3, -0.25) is 4.79 Å². The van der Waals surface area contributed by atoms with Crippen LogP contribution in [0.2, 0.25) is 0 Å². The van der Waals surface area contributed by atoms with Crippen molar-refractivity contribution >= 4 is 5.91 Å². The van der Waals surface area contributed by atoms with Crippen LogP contribution in [0.4, 0.5) is 0 Å². The Balaban J connectivity index is 2.06. The first-order chi connectivity index (χ1) is 7.69. The van der Waals surface area contributed by atoms with E-state index in [0.717, 1.165) is 19.4 Å². The Kier molecular flexibility index (Phi) is 5.73. The highest BCUT2D eigenvalue weighted by Gasteiger charge is 2.37. The molecule has 1 heterocycles. The molecule has 0 saturated carbocycles. The number of hydrogen-bond donors (Lipinski definition) is 2. The van der Waals surface area contributed by atoms with E-state index in [9.17, 15) is 4.79 Å². The molecular formula is C11H22N2O3. The summed E-state index contributed by atoms with van der Waals surface area (Å²) in [6, 6.07) is 0. The Bertz CT molecular complexity index is 215. The third-order valence-corrected chi connectivity index (χ3v) is 2.68. The van der Waals surface area contributed by atoms with Crippen LogP contribution in [0.1, 0.15) is 26.2 Å². The average Bonchev–Trinajstić information content (AvgIpc) is 2.71.